The SMILES string of the molecule is N/C=C/Cn1c(=O)c2c3n(c1=O)[C@]14O[C@]5(OP(=O)(OC5OOP(=O)(O2)O3)O1)[C@]1(O)OP2(=O)OC41O2. The number of phosphoric ester groups is 3. The van der Waals surface area contributed by atoms with Crippen molar-refractivity contribution in [1.29, 1.82) is 0 Å². The third-order valence-electron chi connectivity index (χ3n) is 5.97. The van der Waals surface area contributed by atoms with Crippen LogP contribution in [-0.4, -0.2) is 37.9 Å². The Labute approximate surface area is 189 Å². The summed E-state index contributed by atoms with van der Waals surface area (Å²) in [6.45, 7) is -0.491. The maximum Gasteiger partial charge on any atom is 0.617 e. The van der Waals surface area contributed by atoms with Gasteiger partial charge in [-0.1, -0.05) is 0 Å². The van der Waals surface area contributed by atoms with Crippen LogP contribution in [0, 0.1) is 0 Å². The van der Waals surface area contributed by atoms with Crippen molar-refractivity contribution < 1.29 is 69.3 Å². The van der Waals surface area contributed by atoms with Gasteiger partial charge in [-0.15, -0.1) is 4.67 Å². The zero-order chi connectivity index (χ0) is 24.4. The largest absolute Gasteiger partial charge is 0.617 e. The van der Waals surface area contributed by atoms with Gasteiger partial charge in [0, 0.05) is 0 Å². The molecule has 1 aromatic heterocycles. The summed E-state index contributed by atoms with van der Waals surface area (Å²) in [6.07, 6.45) is -0.101. The minimum Gasteiger partial charge on any atom is -0.405 e. The van der Waals surface area contributed by atoms with Crippen molar-refractivity contribution >= 4 is 23.5 Å². The molecule has 0 radical (unpaired) electrons. The number of aromatic nitrogens is 2. The van der Waals surface area contributed by atoms with Crippen molar-refractivity contribution in [2.75, 3.05) is 0 Å². The summed E-state index contributed by atoms with van der Waals surface area (Å²) in [5, 5.41) is 11.5. The molecule has 3 N–H and O–H groups in total. The first kappa shape index (κ1) is 21.2. The molecule has 9 rings (SSSR count). The molecule has 1 aromatic rings. The van der Waals surface area contributed by atoms with Gasteiger partial charge < -0.3 is 19.9 Å². The van der Waals surface area contributed by atoms with E-state index in [4.69, 9.17) is 51.5 Å². The zero-order valence-corrected chi connectivity index (χ0v) is 18.9. The van der Waals surface area contributed by atoms with Crippen molar-refractivity contribution in [2.45, 2.75) is 36.1 Å². The molecule has 6 saturated heterocycles. The summed E-state index contributed by atoms with van der Waals surface area (Å²) in [4.78, 5) is 31.5. The van der Waals surface area contributed by atoms with Crippen LogP contribution in [0.4, 0.5) is 0 Å². The molecule has 20 nitrogen and oxygen atoms in total. The average Bonchev–Trinajstić information content (AvgIpc) is 3.40. The van der Waals surface area contributed by atoms with E-state index in [-0.39, 0.29) is 4.57 Å². The molecule has 0 aromatic carbocycles. The Balaban J connectivity index is 1.54. The lowest BCUT2D eigenvalue weighted by Gasteiger charge is -2.45. The van der Waals surface area contributed by atoms with Crippen LogP contribution in [0.15, 0.2) is 21.9 Å². The molecule has 3 unspecified atom stereocenters. The fourth-order valence-corrected chi connectivity index (χ4v) is 9.13. The van der Waals surface area contributed by atoms with Crippen LogP contribution in [0.25, 0.3) is 0 Å². The molecule has 9 heterocycles. The maximum atomic E-state index is 13.6. The van der Waals surface area contributed by atoms with E-state index < -0.39 is 82.5 Å². The Kier molecular flexibility index (Phi) is 3.34. The Morgan fingerprint density at radius 2 is 1.80 bits per heavy atom. The standard InChI is InChI=1S/C12H8N3O17P3/c13-2-1-3-14-5(16)4-6-15(8(14)17)12-11-10(18,28-35(21,29-11)30-11)9(26-12)7(25-34(20,27-9)31-12)22-32-33(19,23-4)24-6/h1-2,7,18H,3,13H2/b2-1+/t7?,9-,10+,11?,12-,33?,34?,35?/m1/s1. The van der Waals surface area contributed by atoms with Crippen molar-refractivity contribution in [1.82, 2.24) is 9.13 Å². The average molecular weight is 559 g/mol. The molecule has 0 amide bonds. The van der Waals surface area contributed by atoms with Crippen LogP contribution in [0.2, 0.25) is 0 Å². The van der Waals surface area contributed by atoms with E-state index in [1.54, 1.807) is 0 Å². The third-order valence-corrected chi connectivity index (χ3v) is 9.90. The Hall–Kier alpha value is -1.89. The molecule has 35 heavy (non-hydrogen) atoms. The summed E-state index contributed by atoms with van der Waals surface area (Å²) in [6, 6.07) is 0. The topological polar surface area (TPSA) is 243 Å². The summed E-state index contributed by atoms with van der Waals surface area (Å²) in [5.74, 6) is -14.0. The molecule has 8 aliphatic rings. The first-order chi connectivity index (χ1) is 16.4. The maximum absolute atomic E-state index is 13.6. The van der Waals surface area contributed by atoms with Crippen LogP contribution < -0.4 is 26.0 Å². The normalized spacial score (nSPS) is 53.3. The number of nitrogens with zero attached hydrogens (tertiary/aromatic N) is 2. The summed E-state index contributed by atoms with van der Waals surface area (Å²) in [7, 11) is -14.3. The minimum atomic E-state index is -4.90. The second kappa shape index (κ2) is 5.51. The van der Waals surface area contributed by atoms with Gasteiger partial charge in [0.1, 0.15) is 0 Å². The number of hydrogen-bond acceptors (Lipinski definition) is 18. The number of ether oxygens (including phenoxy) is 1. The Bertz CT molecular complexity index is 1570. The first-order valence-corrected chi connectivity index (χ1v) is 13.7. The lowest BCUT2D eigenvalue weighted by Crippen LogP contribution is -2.69. The highest BCUT2D eigenvalue weighted by Crippen LogP contribution is 2.91. The van der Waals surface area contributed by atoms with Crippen molar-refractivity contribution in [3.05, 3.63) is 33.1 Å². The summed E-state index contributed by atoms with van der Waals surface area (Å²) >= 11 is 0. The van der Waals surface area contributed by atoms with Gasteiger partial charge in [0.15, 0.2) is 0 Å². The number of rotatable bonds is 2. The number of fused-ring (bicyclic) bond motifs is 2. The first-order valence-electron chi connectivity index (χ1n) is 9.35. The van der Waals surface area contributed by atoms with E-state index in [1.807, 2.05) is 0 Å². The van der Waals surface area contributed by atoms with Gasteiger partial charge in [-0.3, -0.25) is 14.1 Å². The lowest BCUT2D eigenvalue weighted by atomic mass is 9.97. The molecule has 23 heteroatoms. The van der Waals surface area contributed by atoms with E-state index in [1.165, 1.54) is 6.08 Å². The highest BCUT2D eigenvalue weighted by atomic mass is 31.2. The fraction of sp³-hybridized carbons (Fsp3) is 0.500. The molecule has 6 fully saturated rings. The highest BCUT2D eigenvalue weighted by molar-refractivity contribution is 7.50. The molecule has 8 aliphatic heterocycles. The number of phosphoric acid groups is 3. The molecule has 6 atom stereocenters. The van der Waals surface area contributed by atoms with Gasteiger partial charge >= 0.3 is 52.2 Å². The van der Waals surface area contributed by atoms with Gasteiger partial charge in [0.05, 0.1) is 6.54 Å². The fourth-order valence-electron chi connectivity index (χ4n) is 4.68. The van der Waals surface area contributed by atoms with Gasteiger partial charge in [0.2, 0.25) is 0 Å². The lowest BCUT2D eigenvalue weighted by molar-refractivity contribution is -0.437. The quantitative estimate of drug-likeness (QED) is 0.317. The number of aliphatic hydroxyl groups is 1. The second-order valence-corrected chi connectivity index (χ2v) is 12.1. The van der Waals surface area contributed by atoms with Crippen molar-refractivity contribution in [2.24, 2.45) is 5.73 Å². The van der Waals surface area contributed by atoms with Crippen LogP contribution in [-0.2, 0) is 67.6 Å². The Morgan fingerprint density at radius 1 is 1.03 bits per heavy atom. The third kappa shape index (κ3) is 1.95. The predicted molar refractivity (Wildman–Crippen MR) is 94.3 cm³/mol. The second-order valence-electron chi connectivity index (χ2n) is 7.80. The molecule has 7 bridgehead atoms. The monoisotopic (exact) mass is 559 g/mol. The smallest absolute Gasteiger partial charge is 0.405 e. The number of hydrogen-bond donors (Lipinski definition) is 2. The van der Waals surface area contributed by atoms with Gasteiger partial charge in [-0.2, -0.15) is 9.45 Å². The molecule has 2 spiro atoms. The number of nitrogens with two attached hydrogens (primary N) is 1. The van der Waals surface area contributed by atoms with Gasteiger partial charge in [0.25, 0.3) is 23.7 Å². The van der Waals surface area contributed by atoms with Crippen molar-refractivity contribution in [3.63, 3.8) is 0 Å². The van der Waals surface area contributed by atoms with E-state index in [0.29, 0.717) is 4.57 Å². The zero-order valence-electron chi connectivity index (χ0n) is 16.2. The van der Waals surface area contributed by atoms with E-state index in [0.717, 1.165) is 6.20 Å². The van der Waals surface area contributed by atoms with Gasteiger partial charge in [-0.25, -0.2) is 45.6 Å². The van der Waals surface area contributed by atoms with E-state index in [9.17, 15) is 28.4 Å². The molecular formula is C12H8N3O17P3. The summed E-state index contributed by atoms with van der Waals surface area (Å²) < 4.78 is 91.5. The summed E-state index contributed by atoms with van der Waals surface area (Å²) in [5.41, 5.74) is 2.76. The highest BCUT2D eigenvalue weighted by Gasteiger charge is 3.06. The van der Waals surface area contributed by atoms with Crippen LogP contribution in [0.1, 0.15) is 0 Å². The van der Waals surface area contributed by atoms with Crippen LogP contribution >= 0.6 is 23.5 Å². The molecule has 0 saturated carbocycles. The minimum absolute atomic E-state index is 0.286. The molecular weight excluding hydrogens is 551 g/mol. The van der Waals surface area contributed by atoms with E-state index >= 15 is 0 Å². The van der Waals surface area contributed by atoms with E-state index in [2.05, 4.69) is 4.67 Å². The van der Waals surface area contributed by atoms with Crippen molar-refractivity contribution in [3.8, 4) is 11.6 Å². The molecule has 188 valence electrons. The van der Waals surface area contributed by atoms with Crippen LogP contribution in [0.3, 0.4) is 0 Å². The van der Waals surface area contributed by atoms with Gasteiger partial charge in [-0.05, 0) is 12.3 Å². The Morgan fingerprint density at radius 3 is 2.54 bits per heavy atom. The predicted octanol–water partition coefficient (Wildman–Crippen LogP) is -1.26. The molecule has 0 aliphatic carbocycles. The number of allylic oxidation sites excluding steroid dienone is 1. The van der Waals surface area contributed by atoms with Crippen LogP contribution in [0.5, 0.6) is 11.6 Å².